The maximum Gasteiger partial charge on any atom is 0.324 e. The molecule has 0 fully saturated rings. The number of nitrogens with zero attached hydrogens (tertiary/aromatic N) is 1. The molecule has 0 aromatic heterocycles. The first-order valence-electron chi connectivity index (χ1n) is 6.46. The number of nitro groups is 1. The van der Waals surface area contributed by atoms with Gasteiger partial charge in [0.05, 0.1) is 31.3 Å². The number of methoxy groups -OCH3 is 2. The van der Waals surface area contributed by atoms with Crippen LogP contribution in [0.2, 0.25) is 0 Å². The zero-order valence-electron chi connectivity index (χ0n) is 12.5. The van der Waals surface area contributed by atoms with Crippen LogP contribution in [-0.4, -0.2) is 37.7 Å². The summed E-state index contributed by atoms with van der Waals surface area (Å²) in [5.74, 6) is -3.35. The second kappa shape index (κ2) is 8.08. The van der Waals surface area contributed by atoms with E-state index in [2.05, 4.69) is 9.47 Å². The zero-order valence-corrected chi connectivity index (χ0v) is 12.5. The maximum atomic E-state index is 11.8. The molecule has 1 aromatic rings. The van der Waals surface area contributed by atoms with E-state index in [0.717, 1.165) is 14.2 Å². The minimum absolute atomic E-state index is 0.0797. The van der Waals surface area contributed by atoms with Crippen LogP contribution in [0.3, 0.4) is 0 Å². The Hall–Kier alpha value is -2.48. The summed E-state index contributed by atoms with van der Waals surface area (Å²) in [6.45, 7) is 2.45. The van der Waals surface area contributed by atoms with Crippen molar-refractivity contribution in [3.63, 3.8) is 0 Å². The normalized spacial score (nSPS) is 10.4. The van der Waals surface area contributed by atoms with Crippen LogP contribution in [0.15, 0.2) is 18.2 Å². The van der Waals surface area contributed by atoms with E-state index in [1.165, 1.54) is 12.1 Å². The lowest BCUT2D eigenvalue weighted by atomic mass is 9.96. The number of rotatable bonds is 7. The molecule has 0 N–H and O–H groups in total. The van der Waals surface area contributed by atoms with Crippen LogP contribution >= 0.6 is 0 Å². The first kappa shape index (κ1) is 17.6. The Kier molecular flexibility index (Phi) is 6.46. The highest BCUT2D eigenvalue weighted by atomic mass is 16.6. The van der Waals surface area contributed by atoms with Gasteiger partial charge in [-0.15, -0.1) is 0 Å². The van der Waals surface area contributed by atoms with Gasteiger partial charge in [0.1, 0.15) is 0 Å². The Balaban J connectivity index is 3.33. The lowest BCUT2D eigenvalue weighted by Gasteiger charge is -2.13. The summed E-state index contributed by atoms with van der Waals surface area (Å²) in [7, 11) is 2.18. The fourth-order valence-electron chi connectivity index (χ4n) is 1.89. The average Bonchev–Trinajstić information content (AvgIpc) is 2.53. The highest BCUT2D eigenvalue weighted by Crippen LogP contribution is 2.30. The quantitative estimate of drug-likeness (QED) is 0.325. The molecule has 0 heterocycles. The van der Waals surface area contributed by atoms with Crippen molar-refractivity contribution >= 4 is 17.6 Å². The van der Waals surface area contributed by atoms with Crippen LogP contribution in [0.25, 0.3) is 0 Å². The SMILES string of the molecule is CCOCc1ccc(C(C(=O)OC)C(=O)OC)c([N+](=O)[O-])c1. The third-order valence-corrected chi connectivity index (χ3v) is 2.95. The fraction of sp³-hybridized carbons (Fsp3) is 0.429. The number of carbonyl (C=O) groups is 2. The zero-order chi connectivity index (χ0) is 16.7. The molecule has 0 saturated heterocycles. The summed E-state index contributed by atoms with van der Waals surface area (Å²) >= 11 is 0. The van der Waals surface area contributed by atoms with Crippen molar-refractivity contribution in [2.75, 3.05) is 20.8 Å². The van der Waals surface area contributed by atoms with Crippen LogP contribution in [-0.2, 0) is 30.4 Å². The summed E-state index contributed by atoms with van der Waals surface area (Å²) < 4.78 is 14.3. The van der Waals surface area contributed by atoms with Crippen LogP contribution in [0.5, 0.6) is 0 Å². The van der Waals surface area contributed by atoms with Gasteiger partial charge in [0, 0.05) is 12.7 Å². The molecule has 0 spiro atoms. The molecular formula is C14H17NO7. The van der Waals surface area contributed by atoms with Crippen LogP contribution in [0.4, 0.5) is 5.69 Å². The predicted octanol–water partition coefficient (Wildman–Crippen LogP) is 1.56. The second-order valence-electron chi connectivity index (χ2n) is 4.27. The monoisotopic (exact) mass is 311 g/mol. The molecule has 0 amide bonds. The largest absolute Gasteiger partial charge is 0.468 e. The van der Waals surface area contributed by atoms with Crippen LogP contribution < -0.4 is 0 Å². The van der Waals surface area contributed by atoms with Crippen molar-refractivity contribution in [2.24, 2.45) is 0 Å². The number of ether oxygens (including phenoxy) is 3. The third-order valence-electron chi connectivity index (χ3n) is 2.95. The molecule has 0 unspecified atom stereocenters. The number of nitro benzene ring substituents is 1. The first-order chi connectivity index (χ1) is 10.5. The number of benzene rings is 1. The summed E-state index contributed by atoms with van der Waals surface area (Å²) in [6, 6.07) is 4.16. The van der Waals surface area contributed by atoms with E-state index < -0.39 is 22.8 Å². The number of hydrogen-bond donors (Lipinski definition) is 0. The number of carbonyl (C=O) groups excluding carboxylic acids is 2. The van der Waals surface area contributed by atoms with E-state index in [1.807, 2.05) is 0 Å². The summed E-state index contributed by atoms with van der Waals surface area (Å²) in [5, 5.41) is 11.2. The van der Waals surface area contributed by atoms with Crippen molar-refractivity contribution in [2.45, 2.75) is 19.4 Å². The van der Waals surface area contributed by atoms with E-state index in [1.54, 1.807) is 13.0 Å². The molecule has 0 bridgehead atoms. The van der Waals surface area contributed by atoms with Gasteiger partial charge < -0.3 is 14.2 Å². The van der Waals surface area contributed by atoms with Gasteiger partial charge in [-0.3, -0.25) is 19.7 Å². The molecule has 0 radical (unpaired) electrons. The summed E-state index contributed by atoms with van der Waals surface area (Å²) in [4.78, 5) is 34.1. The Labute approximate surface area is 127 Å². The van der Waals surface area contributed by atoms with Gasteiger partial charge >= 0.3 is 11.9 Å². The molecule has 8 nitrogen and oxygen atoms in total. The molecule has 0 aliphatic rings. The molecule has 0 saturated carbocycles. The molecule has 22 heavy (non-hydrogen) atoms. The van der Waals surface area contributed by atoms with Crippen molar-refractivity contribution in [1.29, 1.82) is 0 Å². The Morgan fingerprint density at radius 3 is 2.27 bits per heavy atom. The number of hydrogen-bond acceptors (Lipinski definition) is 7. The van der Waals surface area contributed by atoms with Gasteiger partial charge in [-0.25, -0.2) is 0 Å². The van der Waals surface area contributed by atoms with E-state index in [-0.39, 0.29) is 17.9 Å². The van der Waals surface area contributed by atoms with E-state index in [4.69, 9.17) is 4.74 Å². The van der Waals surface area contributed by atoms with Gasteiger partial charge in [0.25, 0.3) is 5.69 Å². The van der Waals surface area contributed by atoms with Gasteiger partial charge in [-0.1, -0.05) is 12.1 Å². The highest BCUT2D eigenvalue weighted by Gasteiger charge is 2.36. The molecule has 120 valence electrons. The number of esters is 2. The topological polar surface area (TPSA) is 105 Å². The van der Waals surface area contributed by atoms with Gasteiger partial charge in [-0.2, -0.15) is 0 Å². The van der Waals surface area contributed by atoms with E-state index in [0.29, 0.717) is 12.2 Å². The minimum atomic E-state index is -1.50. The lowest BCUT2D eigenvalue weighted by molar-refractivity contribution is -0.385. The molecule has 1 rings (SSSR count). The van der Waals surface area contributed by atoms with Crippen molar-refractivity contribution < 1.29 is 28.7 Å². The standard InChI is InChI=1S/C14H17NO7/c1-4-22-8-9-5-6-10(11(7-9)15(18)19)12(13(16)20-2)14(17)21-3/h5-7,12H,4,8H2,1-3H3. The van der Waals surface area contributed by atoms with Crippen molar-refractivity contribution in [3.8, 4) is 0 Å². The van der Waals surface area contributed by atoms with Gasteiger partial charge in [-0.05, 0) is 12.5 Å². The Bertz CT molecular complexity index is 554. The second-order valence-corrected chi connectivity index (χ2v) is 4.27. The molecule has 8 heteroatoms. The van der Waals surface area contributed by atoms with Crippen molar-refractivity contribution in [3.05, 3.63) is 39.4 Å². The average molecular weight is 311 g/mol. The highest BCUT2D eigenvalue weighted by molar-refractivity contribution is 6.01. The van der Waals surface area contributed by atoms with Gasteiger partial charge in [0.2, 0.25) is 0 Å². The Morgan fingerprint density at radius 1 is 1.23 bits per heavy atom. The molecule has 1 aromatic carbocycles. The molecule has 0 aliphatic carbocycles. The predicted molar refractivity (Wildman–Crippen MR) is 75.2 cm³/mol. The fourth-order valence-corrected chi connectivity index (χ4v) is 1.89. The Morgan fingerprint density at radius 2 is 1.82 bits per heavy atom. The van der Waals surface area contributed by atoms with Crippen molar-refractivity contribution in [1.82, 2.24) is 0 Å². The lowest BCUT2D eigenvalue weighted by Crippen LogP contribution is -2.25. The van der Waals surface area contributed by atoms with Crippen LogP contribution in [0, 0.1) is 10.1 Å². The minimum Gasteiger partial charge on any atom is -0.468 e. The smallest absolute Gasteiger partial charge is 0.324 e. The molecule has 0 atom stereocenters. The third kappa shape index (κ3) is 4.01. The van der Waals surface area contributed by atoms with Crippen LogP contribution in [0.1, 0.15) is 24.0 Å². The first-order valence-corrected chi connectivity index (χ1v) is 6.46. The van der Waals surface area contributed by atoms with Gasteiger partial charge in [0.15, 0.2) is 5.92 Å². The summed E-state index contributed by atoms with van der Waals surface area (Å²) in [6.07, 6.45) is 0. The van der Waals surface area contributed by atoms with E-state index in [9.17, 15) is 19.7 Å². The van der Waals surface area contributed by atoms with E-state index >= 15 is 0 Å². The molecule has 0 aliphatic heterocycles. The summed E-state index contributed by atoms with van der Waals surface area (Å²) in [5.41, 5.74) is 0.118. The maximum absolute atomic E-state index is 11.8. The molecular weight excluding hydrogens is 294 g/mol.